The van der Waals surface area contributed by atoms with Gasteiger partial charge in [-0.15, -0.1) is 6.58 Å². The Morgan fingerprint density at radius 2 is 2.21 bits per heavy atom. The van der Waals surface area contributed by atoms with Crippen molar-refractivity contribution in [2.45, 2.75) is 13.5 Å². The van der Waals surface area contributed by atoms with Crippen molar-refractivity contribution in [3.63, 3.8) is 0 Å². The molecule has 24 heavy (non-hydrogen) atoms. The van der Waals surface area contributed by atoms with Crippen LogP contribution in [-0.4, -0.2) is 31.6 Å². The second kappa shape index (κ2) is 5.99. The Morgan fingerprint density at radius 3 is 2.83 bits per heavy atom. The lowest BCUT2D eigenvalue weighted by molar-refractivity contribution is 0.0997. The van der Waals surface area contributed by atoms with Crippen molar-refractivity contribution >= 4 is 28.8 Å². The summed E-state index contributed by atoms with van der Waals surface area (Å²) < 4.78 is 1.79. The number of aromatic nitrogens is 4. The molecule has 0 radical (unpaired) electrons. The molecule has 2 amide bonds. The Bertz CT molecular complexity index is 953. The van der Waals surface area contributed by atoms with E-state index in [0.717, 1.165) is 5.52 Å². The molecule has 0 unspecified atom stereocenters. The summed E-state index contributed by atoms with van der Waals surface area (Å²) in [6.45, 7) is 5.95. The summed E-state index contributed by atoms with van der Waals surface area (Å²) in [4.78, 5) is 28.0. The Balaban J connectivity index is 2.02. The average Bonchev–Trinajstić information content (AvgIpc) is 3.11. The lowest BCUT2D eigenvalue weighted by atomic mass is 10.2. The molecule has 0 atom stereocenters. The molecule has 0 bridgehead atoms. The number of aryl methyl sites for hydroxylation is 1. The number of carbonyl (C=O) groups excluding carboxylic acids is 2. The summed E-state index contributed by atoms with van der Waals surface area (Å²) in [7, 11) is 0. The van der Waals surface area contributed by atoms with E-state index in [4.69, 9.17) is 5.73 Å². The molecule has 0 aliphatic carbocycles. The number of rotatable bonds is 5. The molecule has 2 heterocycles. The van der Waals surface area contributed by atoms with E-state index in [0.29, 0.717) is 35.0 Å². The summed E-state index contributed by atoms with van der Waals surface area (Å²) in [6, 6.07) is 6.59. The van der Waals surface area contributed by atoms with Gasteiger partial charge < -0.3 is 10.3 Å². The zero-order chi connectivity index (χ0) is 17.3. The number of amides is 2. The van der Waals surface area contributed by atoms with Crippen LogP contribution >= 0.6 is 0 Å². The molecule has 8 heteroatoms. The van der Waals surface area contributed by atoms with Crippen LogP contribution in [0.4, 0.5) is 5.95 Å². The maximum Gasteiger partial charge on any atom is 0.275 e. The van der Waals surface area contributed by atoms with Gasteiger partial charge in [-0.25, -0.2) is 4.98 Å². The van der Waals surface area contributed by atoms with Gasteiger partial charge in [0.25, 0.3) is 5.91 Å². The van der Waals surface area contributed by atoms with Crippen LogP contribution in [0.25, 0.3) is 11.0 Å². The van der Waals surface area contributed by atoms with Gasteiger partial charge in [-0.05, 0) is 31.2 Å². The molecule has 0 aliphatic heterocycles. The topological polar surface area (TPSA) is 119 Å². The summed E-state index contributed by atoms with van der Waals surface area (Å²) in [5.41, 5.74) is 8.02. The molecule has 0 saturated carbocycles. The van der Waals surface area contributed by atoms with Crippen LogP contribution < -0.4 is 11.1 Å². The molecule has 0 fully saturated rings. The zero-order valence-electron chi connectivity index (χ0n) is 13.0. The van der Waals surface area contributed by atoms with E-state index in [2.05, 4.69) is 27.1 Å². The highest BCUT2D eigenvalue weighted by molar-refractivity contribution is 6.03. The number of nitrogens with two attached hydrogens (primary N) is 1. The second-order valence-corrected chi connectivity index (χ2v) is 5.28. The number of nitrogens with zero attached hydrogens (tertiary/aromatic N) is 3. The predicted octanol–water partition coefficient (Wildman–Crippen LogP) is 1.61. The van der Waals surface area contributed by atoms with E-state index in [1.807, 2.05) is 0 Å². The average molecular weight is 324 g/mol. The molecule has 1 aromatic carbocycles. The Hall–Kier alpha value is -3.42. The predicted molar refractivity (Wildman–Crippen MR) is 89.7 cm³/mol. The number of benzene rings is 1. The van der Waals surface area contributed by atoms with Crippen molar-refractivity contribution in [3.8, 4) is 0 Å². The van der Waals surface area contributed by atoms with Crippen molar-refractivity contribution in [1.82, 2.24) is 19.7 Å². The highest BCUT2D eigenvalue weighted by Crippen LogP contribution is 2.21. The van der Waals surface area contributed by atoms with Crippen molar-refractivity contribution in [2.75, 3.05) is 5.32 Å². The highest BCUT2D eigenvalue weighted by atomic mass is 16.2. The minimum absolute atomic E-state index is 0.336. The molecule has 4 N–H and O–H groups in total. The van der Waals surface area contributed by atoms with Gasteiger partial charge in [0.05, 0.1) is 16.7 Å². The molecule has 122 valence electrons. The lowest BCUT2D eigenvalue weighted by Crippen LogP contribution is -2.16. The zero-order valence-corrected chi connectivity index (χ0v) is 13.0. The van der Waals surface area contributed by atoms with Gasteiger partial charge >= 0.3 is 0 Å². The minimum Gasteiger partial charge on any atom is -0.366 e. The molecule has 2 aromatic heterocycles. The van der Waals surface area contributed by atoms with Gasteiger partial charge in [0.2, 0.25) is 11.9 Å². The molecular weight excluding hydrogens is 308 g/mol. The highest BCUT2D eigenvalue weighted by Gasteiger charge is 2.16. The lowest BCUT2D eigenvalue weighted by Gasteiger charge is -2.07. The van der Waals surface area contributed by atoms with Crippen LogP contribution in [0, 0.1) is 6.92 Å². The van der Waals surface area contributed by atoms with Gasteiger partial charge in [0, 0.05) is 12.1 Å². The molecule has 0 aliphatic rings. The number of imidazole rings is 1. The van der Waals surface area contributed by atoms with Gasteiger partial charge in [-0.1, -0.05) is 6.08 Å². The van der Waals surface area contributed by atoms with Gasteiger partial charge in [0.15, 0.2) is 0 Å². The van der Waals surface area contributed by atoms with Crippen LogP contribution in [0.15, 0.2) is 36.9 Å². The minimum atomic E-state index is -0.534. The Kier molecular flexibility index (Phi) is 3.87. The third-order valence-corrected chi connectivity index (χ3v) is 3.52. The van der Waals surface area contributed by atoms with Crippen molar-refractivity contribution in [2.24, 2.45) is 5.73 Å². The van der Waals surface area contributed by atoms with E-state index in [1.165, 1.54) is 0 Å². The molecule has 3 aromatic rings. The molecule has 3 rings (SSSR count). The largest absolute Gasteiger partial charge is 0.366 e. The number of H-pyrrole nitrogens is 1. The van der Waals surface area contributed by atoms with Crippen LogP contribution in [0.1, 0.15) is 26.5 Å². The Morgan fingerprint density at radius 1 is 1.42 bits per heavy atom. The van der Waals surface area contributed by atoms with E-state index >= 15 is 0 Å². The first-order chi connectivity index (χ1) is 11.5. The van der Waals surface area contributed by atoms with Crippen LogP contribution in [0.5, 0.6) is 0 Å². The van der Waals surface area contributed by atoms with Crippen molar-refractivity contribution in [3.05, 3.63) is 53.9 Å². The number of anilines is 1. The molecule has 0 saturated heterocycles. The number of fused-ring (bicyclic) bond motifs is 1. The van der Waals surface area contributed by atoms with Gasteiger partial charge in [0.1, 0.15) is 5.69 Å². The van der Waals surface area contributed by atoms with Gasteiger partial charge in [-0.2, -0.15) is 5.10 Å². The first-order valence-electron chi connectivity index (χ1n) is 7.24. The summed E-state index contributed by atoms with van der Waals surface area (Å²) in [5.74, 6) is -0.538. The van der Waals surface area contributed by atoms with Gasteiger partial charge in [-0.3, -0.25) is 20.0 Å². The summed E-state index contributed by atoms with van der Waals surface area (Å²) in [6.07, 6.45) is 1.69. The van der Waals surface area contributed by atoms with E-state index in [1.54, 1.807) is 41.8 Å². The molecule has 8 nitrogen and oxygen atoms in total. The fourth-order valence-electron chi connectivity index (χ4n) is 2.40. The molecular formula is C16H16N6O2. The quantitative estimate of drug-likeness (QED) is 0.618. The smallest absolute Gasteiger partial charge is 0.275 e. The number of nitrogens with one attached hydrogen (secondary N) is 2. The number of primary amides is 1. The fraction of sp³-hybridized carbons (Fsp3) is 0.125. The first kappa shape index (κ1) is 15.5. The maximum absolute atomic E-state index is 12.3. The summed E-state index contributed by atoms with van der Waals surface area (Å²) >= 11 is 0. The second-order valence-electron chi connectivity index (χ2n) is 5.28. The number of hydrogen-bond donors (Lipinski definition) is 3. The van der Waals surface area contributed by atoms with Crippen LogP contribution in [-0.2, 0) is 6.54 Å². The van der Waals surface area contributed by atoms with Crippen molar-refractivity contribution in [1.29, 1.82) is 0 Å². The van der Waals surface area contributed by atoms with Crippen LogP contribution in [0.2, 0.25) is 0 Å². The molecule has 0 spiro atoms. The number of allylic oxidation sites excluding steroid dienone is 1. The Labute approximate surface area is 137 Å². The third-order valence-electron chi connectivity index (χ3n) is 3.52. The van der Waals surface area contributed by atoms with E-state index in [-0.39, 0.29) is 5.91 Å². The SMILES string of the molecule is C=CCn1c(NC(=O)c2cc(C)n[nH]2)nc2cc(C(N)=O)ccc21. The number of hydrogen-bond acceptors (Lipinski definition) is 4. The van der Waals surface area contributed by atoms with Crippen LogP contribution in [0.3, 0.4) is 0 Å². The standard InChI is InChI=1S/C16H16N6O2/c1-3-6-22-13-5-4-10(14(17)23)8-11(13)18-16(22)19-15(24)12-7-9(2)20-21-12/h3-5,7-8H,1,6H2,2H3,(H2,17,23)(H,20,21)(H,18,19,24). The van der Waals surface area contributed by atoms with Crippen molar-refractivity contribution < 1.29 is 9.59 Å². The first-order valence-corrected chi connectivity index (χ1v) is 7.24. The fourth-order valence-corrected chi connectivity index (χ4v) is 2.40. The maximum atomic E-state index is 12.3. The summed E-state index contributed by atoms with van der Waals surface area (Å²) in [5, 5.41) is 9.33. The van der Waals surface area contributed by atoms with E-state index < -0.39 is 5.91 Å². The van der Waals surface area contributed by atoms with E-state index in [9.17, 15) is 9.59 Å². The normalized spacial score (nSPS) is 10.7. The number of aromatic amines is 1. The monoisotopic (exact) mass is 324 g/mol. The third kappa shape index (κ3) is 2.76. The number of carbonyl (C=O) groups is 2.